The Bertz CT molecular complexity index is 456. The predicted octanol–water partition coefficient (Wildman–Crippen LogP) is 0.199. The fraction of sp³-hybridized carbons (Fsp3) is 0.500. The SMILES string of the molecule is CC[n+]1c(C)sc2c(C)c(C)sc21.[I-]. The Morgan fingerprint density at radius 3 is 2.36 bits per heavy atom. The molecule has 78 valence electrons. The summed E-state index contributed by atoms with van der Waals surface area (Å²) in [6.45, 7) is 9.94. The zero-order valence-electron chi connectivity index (χ0n) is 8.85. The van der Waals surface area contributed by atoms with Crippen LogP contribution in [-0.4, -0.2) is 0 Å². The molecule has 0 saturated carbocycles. The van der Waals surface area contributed by atoms with Crippen LogP contribution >= 0.6 is 22.7 Å². The lowest BCUT2D eigenvalue weighted by Gasteiger charge is -1.86. The van der Waals surface area contributed by atoms with Gasteiger partial charge < -0.3 is 24.0 Å². The van der Waals surface area contributed by atoms with Crippen molar-refractivity contribution in [3.05, 3.63) is 15.4 Å². The summed E-state index contributed by atoms with van der Waals surface area (Å²) < 4.78 is 3.90. The largest absolute Gasteiger partial charge is 1.00 e. The molecule has 1 nitrogen and oxygen atoms in total. The zero-order valence-corrected chi connectivity index (χ0v) is 12.6. The summed E-state index contributed by atoms with van der Waals surface area (Å²) in [5.41, 5.74) is 1.47. The van der Waals surface area contributed by atoms with E-state index in [1.54, 1.807) is 0 Å². The van der Waals surface area contributed by atoms with Crippen molar-refractivity contribution < 1.29 is 28.5 Å². The second kappa shape index (κ2) is 4.45. The van der Waals surface area contributed by atoms with E-state index in [9.17, 15) is 0 Å². The number of rotatable bonds is 1. The van der Waals surface area contributed by atoms with E-state index in [1.807, 2.05) is 22.7 Å². The highest BCUT2D eigenvalue weighted by molar-refractivity contribution is 7.26. The third-order valence-electron chi connectivity index (χ3n) is 2.50. The summed E-state index contributed by atoms with van der Waals surface area (Å²) in [6, 6.07) is 0. The van der Waals surface area contributed by atoms with E-state index in [-0.39, 0.29) is 24.0 Å². The average molecular weight is 339 g/mol. The fourth-order valence-electron chi connectivity index (χ4n) is 1.60. The topological polar surface area (TPSA) is 3.88 Å². The molecule has 4 heteroatoms. The minimum Gasteiger partial charge on any atom is -1.00 e. The van der Waals surface area contributed by atoms with Gasteiger partial charge in [0.1, 0.15) is 11.2 Å². The Labute approximate surface area is 110 Å². The van der Waals surface area contributed by atoms with Gasteiger partial charge in [0.05, 0.1) is 0 Å². The summed E-state index contributed by atoms with van der Waals surface area (Å²) in [6.07, 6.45) is 0. The lowest BCUT2D eigenvalue weighted by Crippen LogP contribution is -3.00. The van der Waals surface area contributed by atoms with E-state index in [0.29, 0.717) is 0 Å². The summed E-state index contributed by atoms with van der Waals surface area (Å²) in [4.78, 5) is 2.92. The zero-order chi connectivity index (χ0) is 9.59. The summed E-state index contributed by atoms with van der Waals surface area (Å²) >= 11 is 3.85. The highest BCUT2D eigenvalue weighted by Crippen LogP contribution is 2.32. The molecular weight excluding hydrogens is 325 g/mol. The number of nitrogens with zero attached hydrogens (tertiary/aromatic N) is 1. The molecular formula is C10H14INS2. The van der Waals surface area contributed by atoms with Crippen molar-refractivity contribution in [3.8, 4) is 0 Å². The smallest absolute Gasteiger partial charge is 0.280 e. The first-order chi connectivity index (χ1) is 6.15. The van der Waals surface area contributed by atoms with E-state index < -0.39 is 0 Å². The maximum absolute atomic E-state index is 2.41. The van der Waals surface area contributed by atoms with Crippen molar-refractivity contribution in [3.63, 3.8) is 0 Å². The standard InChI is InChI=1S/C10H14NS2.HI/c1-5-11-8(4)13-9-6(2)7(3)12-10(9)11;/h5H2,1-4H3;1H/q+1;/p-1. The van der Waals surface area contributed by atoms with E-state index in [1.165, 1.54) is 25.0 Å². The van der Waals surface area contributed by atoms with E-state index in [4.69, 9.17) is 0 Å². The van der Waals surface area contributed by atoms with Gasteiger partial charge in [0, 0.05) is 11.8 Å². The Morgan fingerprint density at radius 2 is 1.79 bits per heavy atom. The highest BCUT2D eigenvalue weighted by atomic mass is 127. The van der Waals surface area contributed by atoms with Gasteiger partial charge >= 0.3 is 0 Å². The first-order valence-electron chi connectivity index (χ1n) is 4.54. The van der Waals surface area contributed by atoms with Crippen LogP contribution in [0.1, 0.15) is 22.4 Å². The number of aryl methyl sites for hydroxylation is 4. The van der Waals surface area contributed by atoms with Crippen LogP contribution in [0.15, 0.2) is 0 Å². The molecule has 0 atom stereocenters. The van der Waals surface area contributed by atoms with E-state index >= 15 is 0 Å². The molecule has 0 unspecified atom stereocenters. The second-order valence-electron chi connectivity index (χ2n) is 3.28. The highest BCUT2D eigenvalue weighted by Gasteiger charge is 2.20. The number of fused-ring (bicyclic) bond motifs is 1. The Kier molecular flexibility index (Phi) is 3.94. The quantitative estimate of drug-likeness (QED) is 0.516. The van der Waals surface area contributed by atoms with Crippen LogP contribution in [0.25, 0.3) is 9.53 Å². The van der Waals surface area contributed by atoms with E-state index in [0.717, 1.165) is 6.54 Å². The molecule has 0 N–H and O–H groups in total. The van der Waals surface area contributed by atoms with Gasteiger partial charge in [-0.25, -0.2) is 0 Å². The minimum absolute atomic E-state index is 0. The van der Waals surface area contributed by atoms with Crippen LogP contribution in [0.5, 0.6) is 0 Å². The molecule has 14 heavy (non-hydrogen) atoms. The molecule has 2 heterocycles. The van der Waals surface area contributed by atoms with Gasteiger partial charge in [-0.3, -0.25) is 0 Å². The maximum atomic E-state index is 2.41. The molecule has 0 spiro atoms. The number of aromatic nitrogens is 1. The van der Waals surface area contributed by atoms with Crippen LogP contribution in [0.4, 0.5) is 0 Å². The first kappa shape index (κ1) is 12.4. The van der Waals surface area contributed by atoms with Crippen LogP contribution in [0.3, 0.4) is 0 Å². The van der Waals surface area contributed by atoms with Gasteiger partial charge in [-0.2, -0.15) is 4.57 Å². The van der Waals surface area contributed by atoms with Crippen LogP contribution in [-0.2, 0) is 6.54 Å². The van der Waals surface area contributed by atoms with Crippen molar-refractivity contribution in [2.75, 3.05) is 0 Å². The number of hydrogen-bond acceptors (Lipinski definition) is 2. The third kappa shape index (κ3) is 1.72. The molecule has 0 aliphatic rings. The second-order valence-corrected chi connectivity index (χ2v) is 5.69. The monoisotopic (exact) mass is 339 g/mol. The average Bonchev–Trinajstić information content (AvgIpc) is 2.52. The van der Waals surface area contributed by atoms with Gasteiger partial charge in [0.15, 0.2) is 0 Å². The number of hydrogen-bond donors (Lipinski definition) is 0. The van der Waals surface area contributed by atoms with Crippen molar-refractivity contribution in [2.45, 2.75) is 34.2 Å². The molecule has 0 fully saturated rings. The first-order valence-corrected chi connectivity index (χ1v) is 6.17. The van der Waals surface area contributed by atoms with Crippen LogP contribution < -0.4 is 28.5 Å². The lowest BCUT2D eigenvalue weighted by atomic mass is 10.3. The van der Waals surface area contributed by atoms with Crippen molar-refractivity contribution >= 4 is 32.2 Å². The summed E-state index contributed by atoms with van der Waals surface area (Å²) in [5, 5.41) is 1.42. The minimum atomic E-state index is 0. The summed E-state index contributed by atoms with van der Waals surface area (Å²) in [5.74, 6) is 0. The molecule has 0 aliphatic heterocycles. The number of halogens is 1. The molecule has 0 aliphatic carbocycles. The summed E-state index contributed by atoms with van der Waals surface area (Å²) in [7, 11) is 0. The fourth-order valence-corrected chi connectivity index (χ4v) is 4.27. The molecule has 0 amide bonds. The molecule has 2 rings (SSSR count). The number of thiazole rings is 1. The Balaban J connectivity index is 0.000000980. The lowest BCUT2D eigenvalue weighted by molar-refractivity contribution is -0.667. The molecule has 2 aromatic rings. The Hall–Kier alpha value is 0.320. The molecule has 0 aromatic carbocycles. The van der Waals surface area contributed by atoms with Crippen LogP contribution in [0.2, 0.25) is 0 Å². The molecule has 0 bridgehead atoms. The van der Waals surface area contributed by atoms with Gasteiger partial charge in [-0.1, -0.05) is 22.7 Å². The van der Waals surface area contributed by atoms with E-state index in [2.05, 4.69) is 32.3 Å². The Morgan fingerprint density at radius 1 is 1.14 bits per heavy atom. The molecule has 0 saturated heterocycles. The van der Waals surface area contributed by atoms with Crippen molar-refractivity contribution in [2.24, 2.45) is 0 Å². The molecule has 2 aromatic heterocycles. The van der Waals surface area contributed by atoms with Gasteiger partial charge in [0.2, 0.25) is 5.01 Å². The molecule has 0 radical (unpaired) electrons. The van der Waals surface area contributed by atoms with Gasteiger partial charge in [-0.15, -0.1) is 0 Å². The third-order valence-corrected chi connectivity index (χ3v) is 5.08. The van der Waals surface area contributed by atoms with Gasteiger partial charge in [0.25, 0.3) is 4.83 Å². The maximum Gasteiger partial charge on any atom is 0.280 e. The van der Waals surface area contributed by atoms with Gasteiger partial charge in [-0.05, 0) is 26.3 Å². The number of thiophene rings is 1. The normalized spacial score (nSPS) is 10.6. The predicted molar refractivity (Wildman–Crippen MR) is 59.8 cm³/mol. The van der Waals surface area contributed by atoms with Crippen molar-refractivity contribution in [1.82, 2.24) is 0 Å². The van der Waals surface area contributed by atoms with Crippen LogP contribution in [0, 0.1) is 20.8 Å². The van der Waals surface area contributed by atoms with Crippen molar-refractivity contribution in [1.29, 1.82) is 0 Å².